The lowest BCUT2D eigenvalue weighted by Crippen LogP contribution is -2.32. The number of ketones is 1. The van der Waals surface area contributed by atoms with E-state index in [1.807, 2.05) is 0 Å². The number of allylic oxidation sites excluding steroid dienone is 1. The summed E-state index contributed by atoms with van der Waals surface area (Å²) in [6.45, 7) is 5.50. The summed E-state index contributed by atoms with van der Waals surface area (Å²) >= 11 is 0. The number of Topliss-reactive ketones (excluding diaryl/α,β-unsaturated/α-hetero) is 1. The average molecular weight is 193 g/mol. The van der Waals surface area contributed by atoms with E-state index in [1.54, 1.807) is 0 Å². The summed E-state index contributed by atoms with van der Waals surface area (Å²) in [6, 6.07) is 0.349. The van der Waals surface area contributed by atoms with Gasteiger partial charge in [0.1, 0.15) is 0 Å². The maximum atomic E-state index is 11.8. The fraction of sp³-hybridized carbons (Fsp3) is 0.750. The Kier molecular flexibility index (Phi) is 2.48. The second kappa shape index (κ2) is 3.50. The standard InChI is InChI=1S/C12H19NO/c1-12(2)6-5-11(14)9(8-12)10-4-3-7-13-10/h8,10,13H,3-7H2,1-2H3. The summed E-state index contributed by atoms with van der Waals surface area (Å²) in [6.07, 6.45) is 6.27. The van der Waals surface area contributed by atoms with Crippen molar-refractivity contribution in [3.05, 3.63) is 11.6 Å². The van der Waals surface area contributed by atoms with Crippen molar-refractivity contribution in [1.82, 2.24) is 5.32 Å². The van der Waals surface area contributed by atoms with Gasteiger partial charge in [-0.05, 0) is 31.2 Å². The molecule has 0 saturated carbocycles. The molecule has 2 nitrogen and oxygen atoms in total. The van der Waals surface area contributed by atoms with E-state index < -0.39 is 0 Å². The first-order chi connectivity index (χ1) is 6.58. The molecule has 2 rings (SSSR count). The van der Waals surface area contributed by atoms with Crippen LogP contribution in [0.1, 0.15) is 39.5 Å². The van der Waals surface area contributed by atoms with Crippen LogP contribution in [0.5, 0.6) is 0 Å². The van der Waals surface area contributed by atoms with Gasteiger partial charge in [0.25, 0.3) is 0 Å². The summed E-state index contributed by atoms with van der Waals surface area (Å²) in [5.74, 6) is 0.365. The summed E-state index contributed by atoms with van der Waals surface area (Å²) < 4.78 is 0. The van der Waals surface area contributed by atoms with E-state index in [-0.39, 0.29) is 5.41 Å². The topological polar surface area (TPSA) is 29.1 Å². The van der Waals surface area contributed by atoms with Crippen LogP contribution < -0.4 is 5.32 Å². The van der Waals surface area contributed by atoms with Crippen molar-refractivity contribution in [2.75, 3.05) is 6.54 Å². The first kappa shape index (κ1) is 9.91. The van der Waals surface area contributed by atoms with E-state index in [0.717, 1.165) is 31.4 Å². The summed E-state index contributed by atoms with van der Waals surface area (Å²) in [5.41, 5.74) is 1.27. The molecular formula is C12H19NO. The molecule has 14 heavy (non-hydrogen) atoms. The van der Waals surface area contributed by atoms with Crippen LogP contribution in [-0.4, -0.2) is 18.4 Å². The van der Waals surface area contributed by atoms with Crippen LogP contribution in [0.25, 0.3) is 0 Å². The third-order valence-electron chi connectivity index (χ3n) is 3.30. The Hall–Kier alpha value is -0.630. The zero-order chi connectivity index (χ0) is 10.2. The molecule has 1 saturated heterocycles. The molecule has 2 aliphatic rings. The lowest BCUT2D eigenvalue weighted by molar-refractivity contribution is -0.116. The Morgan fingerprint density at radius 3 is 2.93 bits per heavy atom. The van der Waals surface area contributed by atoms with Gasteiger partial charge in [-0.1, -0.05) is 19.9 Å². The SMILES string of the molecule is CC1(C)C=C(C2CCCN2)C(=O)CC1. The van der Waals surface area contributed by atoms with Crippen LogP contribution in [0.4, 0.5) is 0 Å². The van der Waals surface area contributed by atoms with Crippen LogP contribution >= 0.6 is 0 Å². The van der Waals surface area contributed by atoms with E-state index in [9.17, 15) is 4.79 Å². The predicted molar refractivity (Wildman–Crippen MR) is 57.1 cm³/mol. The van der Waals surface area contributed by atoms with Crippen LogP contribution in [0.15, 0.2) is 11.6 Å². The van der Waals surface area contributed by atoms with E-state index >= 15 is 0 Å². The van der Waals surface area contributed by atoms with Crippen molar-refractivity contribution in [1.29, 1.82) is 0 Å². The Morgan fingerprint density at radius 2 is 2.29 bits per heavy atom. The molecule has 0 aromatic carbocycles. The van der Waals surface area contributed by atoms with Crippen molar-refractivity contribution in [3.63, 3.8) is 0 Å². The molecule has 1 aliphatic heterocycles. The molecule has 1 unspecified atom stereocenters. The molecule has 0 aromatic heterocycles. The van der Waals surface area contributed by atoms with Crippen molar-refractivity contribution in [3.8, 4) is 0 Å². The van der Waals surface area contributed by atoms with Crippen molar-refractivity contribution in [2.45, 2.75) is 45.6 Å². The highest BCUT2D eigenvalue weighted by Crippen LogP contribution is 2.33. The molecule has 1 heterocycles. The number of hydrogen-bond donors (Lipinski definition) is 1. The minimum absolute atomic E-state index is 0.216. The number of rotatable bonds is 1. The van der Waals surface area contributed by atoms with E-state index in [2.05, 4.69) is 25.2 Å². The molecule has 0 spiro atoms. The van der Waals surface area contributed by atoms with Gasteiger partial charge in [0.2, 0.25) is 0 Å². The zero-order valence-corrected chi connectivity index (χ0v) is 9.10. The largest absolute Gasteiger partial charge is 0.310 e. The number of hydrogen-bond acceptors (Lipinski definition) is 2. The fourth-order valence-corrected chi connectivity index (χ4v) is 2.40. The number of nitrogens with one attached hydrogen (secondary N) is 1. The number of carbonyl (C=O) groups excluding carboxylic acids is 1. The molecule has 1 N–H and O–H groups in total. The molecule has 78 valence electrons. The Balaban J connectivity index is 2.21. The maximum absolute atomic E-state index is 11.8. The molecule has 0 aromatic rings. The van der Waals surface area contributed by atoms with Crippen molar-refractivity contribution < 1.29 is 4.79 Å². The molecule has 1 aliphatic carbocycles. The molecule has 1 atom stereocenters. The van der Waals surface area contributed by atoms with E-state index in [4.69, 9.17) is 0 Å². The summed E-state index contributed by atoms with van der Waals surface area (Å²) in [4.78, 5) is 11.8. The second-order valence-electron chi connectivity index (χ2n) is 5.16. The van der Waals surface area contributed by atoms with Crippen LogP contribution in [0, 0.1) is 5.41 Å². The van der Waals surface area contributed by atoms with Gasteiger partial charge in [0.15, 0.2) is 5.78 Å². The highest BCUT2D eigenvalue weighted by molar-refractivity contribution is 5.97. The first-order valence-corrected chi connectivity index (χ1v) is 5.58. The Morgan fingerprint density at radius 1 is 1.50 bits per heavy atom. The molecule has 1 fully saturated rings. The van der Waals surface area contributed by atoms with Gasteiger partial charge in [0, 0.05) is 18.0 Å². The molecule has 0 bridgehead atoms. The predicted octanol–water partition coefficient (Wildman–Crippen LogP) is 2.05. The highest BCUT2D eigenvalue weighted by Gasteiger charge is 2.31. The molecular weight excluding hydrogens is 174 g/mol. The van der Waals surface area contributed by atoms with Gasteiger partial charge in [0.05, 0.1) is 0 Å². The van der Waals surface area contributed by atoms with Crippen molar-refractivity contribution >= 4 is 5.78 Å². The normalized spacial score (nSPS) is 31.7. The third-order valence-corrected chi connectivity index (χ3v) is 3.30. The monoisotopic (exact) mass is 193 g/mol. The highest BCUT2D eigenvalue weighted by atomic mass is 16.1. The van der Waals surface area contributed by atoms with Gasteiger partial charge in [-0.3, -0.25) is 4.79 Å². The molecule has 0 radical (unpaired) electrons. The lowest BCUT2D eigenvalue weighted by atomic mass is 9.77. The van der Waals surface area contributed by atoms with Crippen LogP contribution in [0.2, 0.25) is 0 Å². The number of carbonyl (C=O) groups is 1. The van der Waals surface area contributed by atoms with Crippen LogP contribution in [0.3, 0.4) is 0 Å². The van der Waals surface area contributed by atoms with Gasteiger partial charge >= 0.3 is 0 Å². The van der Waals surface area contributed by atoms with E-state index in [1.165, 1.54) is 6.42 Å². The average Bonchev–Trinajstić information content (AvgIpc) is 2.62. The molecule has 0 amide bonds. The van der Waals surface area contributed by atoms with Gasteiger partial charge in [-0.2, -0.15) is 0 Å². The second-order valence-corrected chi connectivity index (χ2v) is 5.16. The van der Waals surface area contributed by atoms with Crippen molar-refractivity contribution in [2.24, 2.45) is 5.41 Å². The van der Waals surface area contributed by atoms with E-state index in [0.29, 0.717) is 11.8 Å². The first-order valence-electron chi connectivity index (χ1n) is 5.58. The quantitative estimate of drug-likeness (QED) is 0.690. The Labute approximate surface area is 85.8 Å². The summed E-state index contributed by atoms with van der Waals surface area (Å²) in [7, 11) is 0. The lowest BCUT2D eigenvalue weighted by Gasteiger charge is -2.29. The zero-order valence-electron chi connectivity index (χ0n) is 9.10. The van der Waals surface area contributed by atoms with Crippen LogP contribution in [-0.2, 0) is 4.79 Å². The minimum Gasteiger partial charge on any atom is -0.310 e. The Bertz CT molecular complexity index is 272. The maximum Gasteiger partial charge on any atom is 0.160 e. The molecule has 2 heteroatoms. The van der Waals surface area contributed by atoms with Gasteiger partial charge in [-0.25, -0.2) is 0 Å². The fourth-order valence-electron chi connectivity index (χ4n) is 2.40. The van der Waals surface area contributed by atoms with Gasteiger partial charge < -0.3 is 5.32 Å². The van der Waals surface area contributed by atoms with Gasteiger partial charge in [-0.15, -0.1) is 0 Å². The third kappa shape index (κ3) is 1.90. The smallest absolute Gasteiger partial charge is 0.160 e. The summed E-state index contributed by atoms with van der Waals surface area (Å²) in [5, 5.41) is 3.41. The minimum atomic E-state index is 0.216.